The molecule has 0 saturated carbocycles. The summed E-state index contributed by atoms with van der Waals surface area (Å²) in [4.78, 5) is 8.80. The average molecular weight is 357 g/mol. The summed E-state index contributed by atoms with van der Waals surface area (Å²) in [7, 11) is 0. The third-order valence-corrected chi connectivity index (χ3v) is 3.59. The van der Waals surface area contributed by atoms with E-state index in [1.165, 1.54) is 0 Å². The Bertz CT molecular complexity index is 826. The van der Waals surface area contributed by atoms with Gasteiger partial charge in [-0.3, -0.25) is 9.98 Å². The first-order chi connectivity index (χ1) is 13.2. The molecule has 0 spiro atoms. The standard InChI is InChI=1S/C25H28N2/c1-6-9-16-22(8-3)24(26-5)20-25(23-17-11-10-12-18-23)27-19-13-15-21(4)14-7-2/h6-20H,3,5H2,1-2,4H3/b9-6-,14-7+,19-13-,21-15-,22-16+,24-20-,27-25+. The first-order valence-electron chi connectivity index (χ1n) is 8.89. The van der Waals surface area contributed by atoms with Gasteiger partial charge in [-0.2, -0.15) is 0 Å². The molecule has 2 heteroatoms. The zero-order valence-electron chi connectivity index (χ0n) is 16.5. The van der Waals surface area contributed by atoms with Gasteiger partial charge in [0.25, 0.3) is 0 Å². The van der Waals surface area contributed by atoms with E-state index in [9.17, 15) is 0 Å². The Kier molecular flexibility index (Phi) is 10.5. The molecule has 0 radical (unpaired) electrons. The molecule has 0 fully saturated rings. The quantitative estimate of drug-likeness (QED) is 0.344. The molecule has 0 aliphatic rings. The Morgan fingerprint density at radius 1 is 1.00 bits per heavy atom. The highest BCUT2D eigenvalue weighted by Crippen LogP contribution is 2.15. The van der Waals surface area contributed by atoms with Gasteiger partial charge in [0.2, 0.25) is 0 Å². The minimum absolute atomic E-state index is 0.722. The van der Waals surface area contributed by atoms with Crippen LogP contribution in [0.3, 0.4) is 0 Å². The molecule has 2 nitrogen and oxygen atoms in total. The van der Waals surface area contributed by atoms with E-state index in [1.54, 1.807) is 12.3 Å². The van der Waals surface area contributed by atoms with E-state index >= 15 is 0 Å². The van der Waals surface area contributed by atoms with Crippen LogP contribution in [0.25, 0.3) is 0 Å². The van der Waals surface area contributed by atoms with Gasteiger partial charge in [-0.15, -0.1) is 0 Å². The van der Waals surface area contributed by atoms with Crippen molar-refractivity contribution in [3.8, 4) is 0 Å². The fourth-order valence-corrected chi connectivity index (χ4v) is 2.25. The van der Waals surface area contributed by atoms with Crippen LogP contribution in [0.4, 0.5) is 0 Å². The van der Waals surface area contributed by atoms with Gasteiger partial charge in [-0.25, -0.2) is 0 Å². The molecule has 27 heavy (non-hydrogen) atoms. The second kappa shape index (κ2) is 13.0. The van der Waals surface area contributed by atoms with Crippen molar-refractivity contribution < 1.29 is 0 Å². The molecule has 0 bridgehead atoms. The van der Waals surface area contributed by atoms with Gasteiger partial charge >= 0.3 is 0 Å². The van der Waals surface area contributed by atoms with Crippen molar-refractivity contribution in [2.75, 3.05) is 0 Å². The molecular weight excluding hydrogens is 328 g/mol. The summed E-state index contributed by atoms with van der Waals surface area (Å²) in [5, 5.41) is 0. The van der Waals surface area contributed by atoms with E-state index in [-0.39, 0.29) is 0 Å². The average Bonchev–Trinajstić information content (AvgIpc) is 2.70. The lowest BCUT2D eigenvalue weighted by Gasteiger charge is -2.05. The topological polar surface area (TPSA) is 24.7 Å². The van der Waals surface area contributed by atoms with E-state index in [2.05, 4.69) is 23.3 Å². The lowest BCUT2D eigenvalue weighted by molar-refractivity contribution is 1.36. The van der Waals surface area contributed by atoms with Crippen molar-refractivity contribution in [3.05, 3.63) is 120 Å². The second-order valence-corrected chi connectivity index (χ2v) is 5.67. The molecule has 0 aromatic heterocycles. The van der Waals surface area contributed by atoms with Crippen LogP contribution in [0, 0.1) is 0 Å². The predicted octanol–water partition coefficient (Wildman–Crippen LogP) is 6.78. The third-order valence-electron chi connectivity index (χ3n) is 3.59. The van der Waals surface area contributed by atoms with E-state index in [4.69, 9.17) is 0 Å². The lowest BCUT2D eigenvalue weighted by atomic mass is 10.1. The second-order valence-electron chi connectivity index (χ2n) is 5.67. The smallest absolute Gasteiger partial charge is 0.0723 e. The molecule has 138 valence electrons. The van der Waals surface area contributed by atoms with Crippen LogP contribution >= 0.6 is 0 Å². The van der Waals surface area contributed by atoms with Gasteiger partial charge in [0.1, 0.15) is 0 Å². The van der Waals surface area contributed by atoms with Crippen LogP contribution in [0.5, 0.6) is 0 Å². The Morgan fingerprint density at radius 2 is 1.74 bits per heavy atom. The molecule has 0 aliphatic carbocycles. The van der Waals surface area contributed by atoms with E-state index in [1.807, 2.05) is 99.7 Å². The fraction of sp³-hybridized carbons (Fsp3) is 0.120. The minimum Gasteiger partial charge on any atom is -0.264 e. The van der Waals surface area contributed by atoms with E-state index in [0.29, 0.717) is 0 Å². The van der Waals surface area contributed by atoms with Crippen LogP contribution in [0.1, 0.15) is 26.3 Å². The molecule has 1 aromatic carbocycles. The van der Waals surface area contributed by atoms with Gasteiger partial charge in [-0.05, 0) is 45.2 Å². The van der Waals surface area contributed by atoms with Crippen molar-refractivity contribution in [1.82, 2.24) is 0 Å². The molecule has 1 aromatic rings. The number of rotatable bonds is 9. The van der Waals surface area contributed by atoms with Gasteiger partial charge < -0.3 is 0 Å². The Hall–Kier alpha value is -3.26. The van der Waals surface area contributed by atoms with Crippen LogP contribution in [0.15, 0.2) is 125 Å². The predicted molar refractivity (Wildman–Crippen MR) is 121 cm³/mol. The highest BCUT2D eigenvalue weighted by Gasteiger charge is 2.04. The maximum atomic E-state index is 4.63. The summed E-state index contributed by atoms with van der Waals surface area (Å²) in [5.74, 6) is 0. The first-order valence-corrected chi connectivity index (χ1v) is 8.89. The molecule has 0 aliphatic heterocycles. The number of hydrogen-bond donors (Lipinski definition) is 0. The van der Waals surface area contributed by atoms with Crippen molar-refractivity contribution in [3.63, 3.8) is 0 Å². The third kappa shape index (κ3) is 8.10. The van der Waals surface area contributed by atoms with Crippen molar-refractivity contribution in [1.29, 1.82) is 0 Å². The maximum absolute atomic E-state index is 4.63. The summed E-state index contributed by atoms with van der Waals surface area (Å²) in [5.41, 5.74) is 4.59. The van der Waals surface area contributed by atoms with E-state index < -0.39 is 0 Å². The highest BCUT2D eigenvalue weighted by atomic mass is 14.7. The SMILES string of the molecule is C=CC(=C\C=C/C)/C(=C/C(=N\C=C/C=C(C)\C=C\C)c1ccccc1)N=C. The van der Waals surface area contributed by atoms with Crippen LogP contribution in [-0.4, -0.2) is 12.4 Å². The molecule has 1 rings (SSSR count). The summed E-state index contributed by atoms with van der Waals surface area (Å²) in [6.07, 6.45) is 19.3. The normalized spacial score (nSPS) is 14.5. The van der Waals surface area contributed by atoms with Gasteiger partial charge in [0.15, 0.2) is 0 Å². The molecule has 0 saturated heterocycles. The lowest BCUT2D eigenvalue weighted by Crippen LogP contribution is -1.98. The van der Waals surface area contributed by atoms with Crippen LogP contribution in [0.2, 0.25) is 0 Å². The first kappa shape index (κ1) is 21.8. The summed E-state index contributed by atoms with van der Waals surface area (Å²) in [6, 6.07) is 10.0. The molecule has 0 N–H and O–H groups in total. The van der Waals surface area contributed by atoms with E-state index in [0.717, 1.165) is 28.1 Å². The molecule has 0 atom stereocenters. The van der Waals surface area contributed by atoms with Crippen molar-refractivity contribution in [2.45, 2.75) is 20.8 Å². The van der Waals surface area contributed by atoms with Gasteiger partial charge in [0, 0.05) is 11.8 Å². The summed E-state index contributed by atoms with van der Waals surface area (Å²) in [6.45, 7) is 13.6. The Balaban J connectivity index is 3.35. The Labute approximate surface area is 163 Å². The summed E-state index contributed by atoms with van der Waals surface area (Å²) < 4.78 is 0. The maximum Gasteiger partial charge on any atom is 0.0723 e. The number of aliphatic imine (C=N–C) groups is 2. The molecular formula is C25H28N2. The van der Waals surface area contributed by atoms with Gasteiger partial charge in [-0.1, -0.05) is 85.0 Å². The molecule has 0 amide bonds. The summed E-state index contributed by atoms with van der Waals surface area (Å²) >= 11 is 0. The number of nitrogens with zero attached hydrogens (tertiary/aromatic N) is 2. The van der Waals surface area contributed by atoms with Crippen LogP contribution < -0.4 is 0 Å². The largest absolute Gasteiger partial charge is 0.264 e. The molecule has 0 unspecified atom stereocenters. The Morgan fingerprint density at radius 3 is 2.33 bits per heavy atom. The highest BCUT2D eigenvalue weighted by molar-refractivity contribution is 6.09. The van der Waals surface area contributed by atoms with Gasteiger partial charge in [0.05, 0.1) is 11.4 Å². The number of benzene rings is 1. The minimum atomic E-state index is 0.722. The number of hydrogen-bond acceptors (Lipinski definition) is 2. The van der Waals surface area contributed by atoms with Crippen LogP contribution in [-0.2, 0) is 0 Å². The van der Waals surface area contributed by atoms with Crippen molar-refractivity contribution >= 4 is 12.4 Å². The number of allylic oxidation sites excluding steroid dienone is 10. The van der Waals surface area contributed by atoms with Crippen molar-refractivity contribution in [2.24, 2.45) is 9.98 Å². The fourth-order valence-electron chi connectivity index (χ4n) is 2.25. The molecule has 0 heterocycles. The zero-order valence-corrected chi connectivity index (χ0v) is 16.5. The monoisotopic (exact) mass is 356 g/mol. The zero-order chi connectivity index (χ0) is 19.9.